The third-order valence-electron chi connectivity index (χ3n) is 2.03. The van der Waals surface area contributed by atoms with E-state index in [1.165, 1.54) is 13.1 Å². The molecule has 0 saturated carbocycles. The molecule has 100 valence electrons. The van der Waals surface area contributed by atoms with Gasteiger partial charge in [-0.15, -0.1) is 0 Å². The van der Waals surface area contributed by atoms with Crippen molar-refractivity contribution in [1.29, 1.82) is 0 Å². The second-order valence-electron chi connectivity index (χ2n) is 3.96. The smallest absolute Gasteiger partial charge is 0.399 e. The largest absolute Gasteiger partial charge is 0.401 e. The highest BCUT2D eigenvalue weighted by Gasteiger charge is 2.29. The van der Waals surface area contributed by atoms with E-state index in [1.54, 1.807) is 18.2 Å². The summed E-state index contributed by atoms with van der Waals surface area (Å²) in [7, 11) is 1.23. The first-order valence-electron chi connectivity index (χ1n) is 5.17. The Morgan fingerprint density at radius 1 is 1.44 bits per heavy atom. The standard InChI is InChI=1S/C11H14F3N3O/c1-17(7-11(12,13)14)6-10(18)16-9-4-2-3-8(15)5-9/h2-5H,6-7,15H2,1H3,(H,16,18). The van der Waals surface area contributed by atoms with Crippen LogP contribution >= 0.6 is 0 Å². The summed E-state index contributed by atoms with van der Waals surface area (Å²) in [4.78, 5) is 12.3. The Labute approximate surface area is 103 Å². The van der Waals surface area contributed by atoms with Gasteiger partial charge in [0.15, 0.2) is 0 Å². The Bertz CT molecular complexity index is 420. The van der Waals surface area contributed by atoms with Crippen LogP contribution in [0, 0.1) is 0 Å². The van der Waals surface area contributed by atoms with Gasteiger partial charge in [-0.1, -0.05) is 6.07 Å². The first-order chi connectivity index (χ1) is 8.26. The zero-order valence-electron chi connectivity index (χ0n) is 9.79. The molecule has 0 unspecified atom stereocenters. The van der Waals surface area contributed by atoms with Crippen molar-refractivity contribution in [3.05, 3.63) is 24.3 Å². The third-order valence-corrected chi connectivity index (χ3v) is 2.03. The lowest BCUT2D eigenvalue weighted by atomic mass is 10.3. The van der Waals surface area contributed by atoms with Crippen LogP contribution < -0.4 is 11.1 Å². The van der Waals surface area contributed by atoms with E-state index in [2.05, 4.69) is 5.32 Å². The average Bonchev–Trinajstić information content (AvgIpc) is 2.13. The van der Waals surface area contributed by atoms with Crippen LogP contribution in [0.3, 0.4) is 0 Å². The molecule has 18 heavy (non-hydrogen) atoms. The van der Waals surface area contributed by atoms with Gasteiger partial charge < -0.3 is 11.1 Å². The lowest BCUT2D eigenvalue weighted by Gasteiger charge is -2.17. The number of anilines is 2. The van der Waals surface area contributed by atoms with Crippen molar-refractivity contribution in [2.75, 3.05) is 31.2 Å². The normalized spacial score (nSPS) is 11.6. The van der Waals surface area contributed by atoms with Crippen LogP contribution in [0.15, 0.2) is 24.3 Å². The molecule has 1 amide bonds. The minimum absolute atomic E-state index is 0.339. The molecule has 1 aromatic carbocycles. The van der Waals surface area contributed by atoms with Gasteiger partial charge >= 0.3 is 6.18 Å². The molecule has 0 fully saturated rings. The molecular formula is C11H14F3N3O. The molecule has 0 aliphatic heterocycles. The van der Waals surface area contributed by atoms with Gasteiger partial charge in [0.2, 0.25) is 5.91 Å². The zero-order valence-corrected chi connectivity index (χ0v) is 9.79. The monoisotopic (exact) mass is 261 g/mol. The Balaban J connectivity index is 2.47. The number of nitrogens with one attached hydrogen (secondary N) is 1. The van der Waals surface area contributed by atoms with Crippen molar-refractivity contribution < 1.29 is 18.0 Å². The predicted molar refractivity (Wildman–Crippen MR) is 63.0 cm³/mol. The molecule has 0 aliphatic carbocycles. The number of nitrogens with two attached hydrogens (primary N) is 1. The quantitative estimate of drug-likeness (QED) is 0.811. The summed E-state index contributed by atoms with van der Waals surface area (Å²) in [5.74, 6) is -0.521. The average molecular weight is 261 g/mol. The third kappa shape index (κ3) is 5.53. The van der Waals surface area contributed by atoms with E-state index in [0.717, 1.165) is 4.90 Å². The topological polar surface area (TPSA) is 58.4 Å². The zero-order chi connectivity index (χ0) is 13.8. The maximum Gasteiger partial charge on any atom is 0.401 e. The van der Waals surface area contributed by atoms with Crippen molar-refractivity contribution >= 4 is 17.3 Å². The minimum atomic E-state index is -4.31. The molecule has 0 spiro atoms. The van der Waals surface area contributed by atoms with Crippen LogP contribution in [0.4, 0.5) is 24.5 Å². The number of alkyl halides is 3. The lowest BCUT2D eigenvalue weighted by molar-refractivity contribution is -0.145. The molecule has 0 aliphatic rings. The van der Waals surface area contributed by atoms with E-state index in [0.29, 0.717) is 11.4 Å². The number of halogens is 3. The molecule has 1 rings (SSSR count). The molecule has 0 saturated heterocycles. The van der Waals surface area contributed by atoms with Gasteiger partial charge in [-0.25, -0.2) is 0 Å². The molecule has 1 aromatic rings. The number of likely N-dealkylation sites (N-methyl/N-ethyl adjacent to an activating group) is 1. The summed E-state index contributed by atoms with van der Waals surface area (Å²) in [6.45, 7) is -1.47. The number of carbonyl (C=O) groups is 1. The van der Waals surface area contributed by atoms with Crippen molar-refractivity contribution in [2.24, 2.45) is 0 Å². The van der Waals surface area contributed by atoms with Crippen LogP contribution in [0.5, 0.6) is 0 Å². The molecule has 7 heteroatoms. The van der Waals surface area contributed by atoms with E-state index in [4.69, 9.17) is 5.73 Å². The number of nitrogen functional groups attached to an aromatic ring is 1. The number of benzene rings is 1. The van der Waals surface area contributed by atoms with E-state index < -0.39 is 18.6 Å². The number of hydrogen-bond donors (Lipinski definition) is 2. The maximum absolute atomic E-state index is 12.0. The second-order valence-corrected chi connectivity index (χ2v) is 3.96. The van der Waals surface area contributed by atoms with Crippen molar-refractivity contribution in [1.82, 2.24) is 4.90 Å². The summed E-state index contributed by atoms with van der Waals surface area (Å²) in [6.07, 6.45) is -4.31. The van der Waals surface area contributed by atoms with E-state index >= 15 is 0 Å². The Kier molecular flexibility index (Phi) is 4.55. The lowest BCUT2D eigenvalue weighted by Crippen LogP contribution is -2.36. The van der Waals surface area contributed by atoms with Gasteiger partial charge in [-0.3, -0.25) is 9.69 Å². The Morgan fingerprint density at radius 3 is 2.67 bits per heavy atom. The highest BCUT2D eigenvalue weighted by molar-refractivity contribution is 5.92. The van der Waals surface area contributed by atoms with Crippen molar-refractivity contribution in [3.8, 4) is 0 Å². The molecule has 0 radical (unpaired) electrons. The van der Waals surface area contributed by atoms with Gasteiger partial charge in [0, 0.05) is 11.4 Å². The van der Waals surface area contributed by atoms with E-state index in [9.17, 15) is 18.0 Å². The second kappa shape index (κ2) is 5.72. The van der Waals surface area contributed by atoms with E-state index in [-0.39, 0.29) is 6.54 Å². The first kappa shape index (κ1) is 14.3. The Morgan fingerprint density at radius 2 is 2.11 bits per heavy atom. The van der Waals surface area contributed by atoms with Crippen LogP contribution in [0.2, 0.25) is 0 Å². The molecule has 4 nitrogen and oxygen atoms in total. The summed E-state index contributed by atoms with van der Waals surface area (Å²) in [5.41, 5.74) is 6.44. The van der Waals surface area contributed by atoms with Gasteiger partial charge in [0.1, 0.15) is 0 Å². The van der Waals surface area contributed by atoms with Crippen LogP contribution in [0.1, 0.15) is 0 Å². The number of carbonyl (C=O) groups excluding carboxylic acids is 1. The van der Waals surface area contributed by atoms with Gasteiger partial charge in [-0.05, 0) is 25.2 Å². The molecular weight excluding hydrogens is 247 g/mol. The molecule has 0 bridgehead atoms. The fourth-order valence-corrected chi connectivity index (χ4v) is 1.42. The SMILES string of the molecule is CN(CC(=O)Nc1cccc(N)c1)CC(F)(F)F. The summed E-state index contributed by atoms with van der Waals surface area (Å²) < 4.78 is 36.1. The number of rotatable bonds is 4. The summed E-state index contributed by atoms with van der Waals surface area (Å²) >= 11 is 0. The number of nitrogens with zero attached hydrogens (tertiary/aromatic N) is 1. The highest BCUT2D eigenvalue weighted by Crippen LogP contribution is 2.15. The van der Waals surface area contributed by atoms with Crippen LogP contribution in [0.25, 0.3) is 0 Å². The van der Waals surface area contributed by atoms with Gasteiger partial charge in [0.25, 0.3) is 0 Å². The first-order valence-corrected chi connectivity index (χ1v) is 5.17. The predicted octanol–water partition coefficient (Wildman–Crippen LogP) is 1.70. The van der Waals surface area contributed by atoms with Gasteiger partial charge in [0.05, 0.1) is 13.1 Å². The molecule has 3 N–H and O–H groups in total. The van der Waals surface area contributed by atoms with Crippen molar-refractivity contribution in [2.45, 2.75) is 6.18 Å². The number of hydrogen-bond acceptors (Lipinski definition) is 3. The molecule has 0 aromatic heterocycles. The molecule has 0 heterocycles. The van der Waals surface area contributed by atoms with Crippen LogP contribution in [-0.4, -0.2) is 37.1 Å². The van der Waals surface area contributed by atoms with E-state index in [1.807, 2.05) is 0 Å². The fraction of sp³-hybridized carbons (Fsp3) is 0.364. The summed E-state index contributed by atoms with van der Waals surface area (Å²) in [6, 6.07) is 6.43. The van der Waals surface area contributed by atoms with Crippen LogP contribution in [-0.2, 0) is 4.79 Å². The molecule has 0 atom stereocenters. The fourth-order valence-electron chi connectivity index (χ4n) is 1.42. The number of amides is 1. The van der Waals surface area contributed by atoms with Gasteiger partial charge in [-0.2, -0.15) is 13.2 Å². The highest BCUT2D eigenvalue weighted by atomic mass is 19.4. The van der Waals surface area contributed by atoms with Crippen molar-refractivity contribution in [3.63, 3.8) is 0 Å². The Hall–Kier alpha value is -1.76. The summed E-state index contributed by atoms with van der Waals surface area (Å²) in [5, 5.41) is 2.47. The minimum Gasteiger partial charge on any atom is -0.399 e. The maximum atomic E-state index is 12.0.